The van der Waals surface area contributed by atoms with Crippen LogP contribution >= 0.6 is 11.6 Å². The van der Waals surface area contributed by atoms with Crippen LogP contribution in [0.3, 0.4) is 0 Å². The lowest BCUT2D eigenvalue weighted by Crippen LogP contribution is -2.35. The Morgan fingerprint density at radius 3 is 2.50 bits per heavy atom. The highest BCUT2D eigenvalue weighted by Crippen LogP contribution is 2.16. The van der Waals surface area contributed by atoms with Gasteiger partial charge in [-0.1, -0.05) is 47.7 Å². The smallest absolute Gasteiger partial charge is 0.315 e. The van der Waals surface area contributed by atoms with Crippen LogP contribution in [0.2, 0.25) is 5.02 Å². The minimum Gasteiger partial charge on any atom is -0.377 e. The molecule has 0 aliphatic heterocycles. The predicted octanol–water partition coefficient (Wildman–Crippen LogP) is 3.26. The normalized spacial score (nSPS) is 9.62. The van der Waals surface area contributed by atoms with Crippen molar-refractivity contribution in [2.75, 3.05) is 25.5 Å². The zero-order chi connectivity index (χ0) is 17.4. The summed E-state index contributed by atoms with van der Waals surface area (Å²) < 4.78 is 0. The van der Waals surface area contributed by atoms with Crippen molar-refractivity contribution >= 4 is 23.3 Å². The molecule has 0 saturated carbocycles. The second-order valence-electron chi connectivity index (χ2n) is 5.38. The Morgan fingerprint density at radius 2 is 1.79 bits per heavy atom. The number of benzene rings is 2. The topological polar surface area (TPSA) is 44.4 Å². The Labute approximate surface area is 147 Å². The average Bonchev–Trinajstić information content (AvgIpc) is 2.58. The van der Waals surface area contributed by atoms with Crippen LogP contribution in [0.15, 0.2) is 48.5 Å². The van der Waals surface area contributed by atoms with E-state index in [4.69, 9.17) is 11.6 Å². The molecule has 2 aromatic carbocycles. The van der Waals surface area contributed by atoms with E-state index >= 15 is 0 Å². The Kier molecular flexibility index (Phi) is 6.53. The molecular weight excluding hydrogens is 322 g/mol. The molecule has 0 saturated heterocycles. The number of hydrogen-bond donors (Lipinski definition) is 2. The maximum atomic E-state index is 11.7. The highest BCUT2D eigenvalue weighted by Gasteiger charge is 2.01. The lowest BCUT2D eigenvalue weighted by molar-refractivity contribution is 0.241. The van der Waals surface area contributed by atoms with Gasteiger partial charge in [-0.15, -0.1) is 0 Å². The summed E-state index contributed by atoms with van der Waals surface area (Å²) in [4.78, 5) is 13.8. The Hall–Kier alpha value is -2.64. The third-order valence-electron chi connectivity index (χ3n) is 3.31. The van der Waals surface area contributed by atoms with Gasteiger partial charge in [0.15, 0.2) is 0 Å². The molecule has 24 heavy (non-hydrogen) atoms. The standard InChI is InChI=1S/C19H20ClN3O/c1-23(2)18-8-4-3-6-16(18)7-5-13-21-19(24)22-14-15-9-11-17(20)12-10-15/h3-4,6,8-12H,13-14H2,1-2H3,(H2,21,22,24). The molecule has 0 unspecified atom stereocenters. The first-order valence-electron chi connectivity index (χ1n) is 7.57. The van der Waals surface area contributed by atoms with Crippen molar-refractivity contribution in [3.05, 3.63) is 64.7 Å². The van der Waals surface area contributed by atoms with Crippen LogP contribution < -0.4 is 15.5 Å². The van der Waals surface area contributed by atoms with Gasteiger partial charge in [-0.3, -0.25) is 0 Å². The summed E-state index contributed by atoms with van der Waals surface area (Å²) in [7, 11) is 3.95. The van der Waals surface area contributed by atoms with Crippen LogP contribution in [0.25, 0.3) is 0 Å². The number of para-hydroxylation sites is 1. The van der Waals surface area contributed by atoms with Gasteiger partial charge in [0, 0.05) is 31.2 Å². The number of carbonyl (C=O) groups excluding carboxylic acids is 1. The van der Waals surface area contributed by atoms with Gasteiger partial charge in [-0.2, -0.15) is 0 Å². The molecule has 2 N–H and O–H groups in total. The molecule has 4 nitrogen and oxygen atoms in total. The maximum absolute atomic E-state index is 11.7. The van der Waals surface area contributed by atoms with Crippen LogP contribution in [0.5, 0.6) is 0 Å². The molecule has 5 heteroatoms. The van der Waals surface area contributed by atoms with Gasteiger partial charge >= 0.3 is 6.03 Å². The summed E-state index contributed by atoms with van der Waals surface area (Å²) in [6.45, 7) is 0.730. The van der Waals surface area contributed by atoms with Crippen LogP contribution in [-0.4, -0.2) is 26.7 Å². The van der Waals surface area contributed by atoms with E-state index in [0.29, 0.717) is 11.6 Å². The van der Waals surface area contributed by atoms with Gasteiger partial charge in [0.05, 0.1) is 12.2 Å². The molecule has 2 rings (SSSR count). The third kappa shape index (κ3) is 5.53. The number of anilines is 1. The number of amides is 2. The summed E-state index contributed by atoms with van der Waals surface area (Å²) in [5.41, 5.74) is 2.98. The summed E-state index contributed by atoms with van der Waals surface area (Å²) in [5.74, 6) is 6.05. The molecule has 0 radical (unpaired) electrons. The van der Waals surface area contributed by atoms with Gasteiger partial charge in [0.2, 0.25) is 0 Å². The first-order chi connectivity index (χ1) is 11.6. The predicted molar refractivity (Wildman–Crippen MR) is 99.3 cm³/mol. The zero-order valence-corrected chi connectivity index (χ0v) is 14.5. The lowest BCUT2D eigenvalue weighted by atomic mass is 10.1. The molecule has 0 aliphatic rings. The highest BCUT2D eigenvalue weighted by atomic mass is 35.5. The van der Waals surface area contributed by atoms with E-state index in [9.17, 15) is 4.79 Å². The SMILES string of the molecule is CN(C)c1ccccc1C#CCNC(=O)NCc1ccc(Cl)cc1. The first kappa shape index (κ1) is 17.7. The van der Waals surface area contributed by atoms with E-state index in [1.807, 2.05) is 55.4 Å². The van der Waals surface area contributed by atoms with Crippen molar-refractivity contribution in [1.29, 1.82) is 0 Å². The number of nitrogens with zero attached hydrogens (tertiary/aromatic N) is 1. The average molecular weight is 342 g/mol. The molecule has 2 amide bonds. The van der Waals surface area contributed by atoms with E-state index in [2.05, 4.69) is 22.5 Å². The van der Waals surface area contributed by atoms with Crippen molar-refractivity contribution < 1.29 is 4.79 Å². The molecule has 0 aromatic heterocycles. The number of carbonyl (C=O) groups is 1. The monoisotopic (exact) mass is 341 g/mol. The van der Waals surface area contributed by atoms with Crippen molar-refractivity contribution in [3.8, 4) is 11.8 Å². The van der Waals surface area contributed by atoms with Gasteiger partial charge in [-0.05, 0) is 29.8 Å². The maximum Gasteiger partial charge on any atom is 0.315 e. The first-order valence-corrected chi connectivity index (χ1v) is 7.95. The Morgan fingerprint density at radius 1 is 1.08 bits per heavy atom. The fraction of sp³-hybridized carbons (Fsp3) is 0.211. The molecule has 0 heterocycles. The number of hydrogen-bond acceptors (Lipinski definition) is 2. The van der Waals surface area contributed by atoms with Crippen molar-refractivity contribution in [3.63, 3.8) is 0 Å². The van der Waals surface area contributed by atoms with Gasteiger partial charge in [0.1, 0.15) is 0 Å². The minimum atomic E-state index is -0.250. The fourth-order valence-corrected chi connectivity index (χ4v) is 2.21. The summed E-state index contributed by atoms with van der Waals surface area (Å²) in [6.07, 6.45) is 0. The van der Waals surface area contributed by atoms with E-state index < -0.39 is 0 Å². The Balaban J connectivity index is 1.80. The number of urea groups is 1. The number of nitrogens with one attached hydrogen (secondary N) is 2. The van der Waals surface area contributed by atoms with Crippen LogP contribution in [0, 0.1) is 11.8 Å². The van der Waals surface area contributed by atoms with Gasteiger partial charge in [-0.25, -0.2) is 4.79 Å². The molecule has 124 valence electrons. The quantitative estimate of drug-likeness (QED) is 0.838. The van der Waals surface area contributed by atoms with E-state index in [1.165, 1.54) is 0 Å². The van der Waals surface area contributed by atoms with E-state index in [-0.39, 0.29) is 12.6 Å². The zero-order valence-electron chi connectivity index (χ0n) is 13.8. The molecule has 0 fully saturated rings. The highest BCUT2D eigenvalue weighted by molar-refractivity contribution is 6.30. The van der Waals surface area contributed by atoms with Crippen molar-refractivity contribution in [2.24, 2.45) is 0 Å². The van der Waals surface area contributed by atoms with Crippen molar-refractivity contribution in [2.45, 2.75) is 6.54 Å². The van der Waals surface area contributed by atoms with Gasteiger partial charge in [0.25, 0.3) is 0 Å². The molecule has 0 bridgehead atoms. The molecule has 0 aliphatic carbocycles. The summed E-state index contributed by atoms with van der Waals surface area (Å²) in [5, 5.41) is 6.17. The minimum absolute atomic E-state index is 0.250. The summed E-state index contributed by atoms with van der Waals surface area (Å²) >= 11 is 5.82. The van der Waals surface area contributed by atoms with Crippen molar-refractivity contribution in [1.82, 2.24) is 10.6 Å². The molecule has 0 spiro atoms. The largest absolute Gasteiger partial charge is 0.377 e. The van der Waals surface area contributed by atoms with Gasteiger partial charge < -0.3 is 15.5 Å². The number of halogens is 1. The van der Waals surface area contributed by atoms with E-state index in [1.54, 1.807) is 12.1 Å². The van der Waals surface area contributed by atoms with Crippen LogP contribution in [-0.2, 0) is 6.54 Å². The lowest BCUT2D eigenvalue weighted by Gasteiger charge is -2.13. The van der Waals surface area contributed by atoms with Crippen LogP contribution in [0.4, 0.5) is 10.5 Å². The molecular formula is C19H20ClN3O. The summed E-state index contributed by atoms with van der Waals surface area (Å²) in [6, 6.07) is 15.0. The second kappa shape index (κ2) is 8.85. The van der Waals surface area contributed by atoms with Crippen LogP contribution in [0.1, 0.15) is 11.1 Å². The molecule has 2 aromatic rings. The fourth-order valence-electron chi connectivity index (χ4n) is 2.08. The second-order valence-corrected chi connectivity index (χ2v) is 5.81. The third-order valence-corrected chi connectivity index (χ3v) is 3.56. The number of rotatable bonds is 4. The van der Waals surface area contributed by atoms with E-state index in [0.717, 1.165) is 16.8 Å². The molecule has 0 atom stereocenters. The Bertz CT molecular complexity index is 745.